The van der Waals surface area contributed by atoms with Gasteiger partial charge in [0.1, 0.15) is 0 Å². The molecule has 0 nitrogen and oxygen atoms in total. The predicted octanol–water partition coefficient (Wildman–Crippen LogP) is 10.8. The highest BCUT2D eigenvalue weighted by molar-refractivity contribution is 8.12. The largest absolute Gasteiger partial charge is 0.105 e. The first kappa shape index (κ1) is 25.8. The van der Waals surface area contributed by atoms with E-state index < -0.39 is 0 Å². The Bertz CT molecular complexity index is 403. The zero-order valence-corrected chi connectivity index (χ0v) is 21.4. The third-order valence-electron chi connectivity index (χ3n) is 1.91. The van der Waals surface area contributed by atoms with Gasteiger partial charge in [0.15, 0.2) is 0 Å². The van der Waals surface area contributed by atoms with Gasteiger partial charge in [-0.05, 0) is 97.3 Å². The second kappa shape index (κ2) is 23.1. The molecule has 9 heteroatoms. The van der Waals surface area contributed by atoms with Gasteiger partial charge in [0.25, 0.3) is 0 Å². The minimum absolute atomic E-state index is 1.67. The number of thioether (sulfide) groups is 9. The van der Waals surface area contributed by atoms with Gasteiger partial charge in [0.05, 0.1) is 0 Å². The molecule has 0 aliphatic carbocycles. The van der Waals surface area contributed by atoms with Gasteiger partial charge in [-0.25, -0.2) is 0 Å². The molecule has 1 heterocycles. The maximum absolute atomic E-state index is 2.08. The molecule has 0 unspecified atom stereocenters. The molecular weight excluding hydrogens is 505 g/mol. The molecule has 0 fully saturated rings. The lowest BCUT2D eigenvalue weighted by Gasteiger charge is -1.85. The highest BCUT2D eigenvalue weighted by Gasteiger charge is 1.78. The van der Waals surface area contributed by atoms with Crippen LogP contribution in [-0.4, -0.2) is 0 Å². The van der Waals surface area contributed by atoms with Crippen molar-refractivity contribution in [1.82, 2.24) is 0 Å². The molecule has 0 saturated heterocycles. The highest BCUT2D eigenvalue weighted by atomic mass is 32.2. The van der Waals surface area contributed by atoms with Crippen LogP contribution < -0.4 is 0 Å². The predicted molar refractivity (Wildman–Crippen MR) is 151 cm³/mol. The van der Waals surface area contributed by atoms with Gasteiger partial charge in [-0.2, -0.15) is 0 Å². The Kier molecular flexibility index (Phi) is 22.1. The van der Waals surface area contributed by atoms with Crippen LogP contribution in [-0.2, 0) is 0 Å². The summed E-state index contributed by atoms with van der Waals surface area (Å²) in [6, 6.07) is 0. The molecule has 1 rings (SSSR count). The fraction of sp³-hybridized carbons (Fsp3) is 0. The van der Waals surface area contributed by atoms with E-state index in [2.05, 4.69) is 97.3 Å². The Labute approximate surface area is 201 Å². The molecule has 1 aliphatic rings. The Morgan fingerprint density at radius 3 is 0.296 bits per heavy atom. The van der Waals surface area contributed by atoms with E-state index >= 15 is 0 Å². The van der Waals surface area contributed by atoms with Gasteiger partial charge >= 0.3 is 0 Å². The topological polar surface area (TPSA) is 0 Å². The van der Waals surface area contributed by atoms with Gasteiger partial charge in [0.2, 0.25) is 0 Å². The van der Waals surface area contributed by atoms with Crippen molar-refractivity contribution in [1.29, 1.82) is 0 Å². The molecule has 0 N–H and O–H groups in total. The summed E-state index contributed by atoms with van der Waals surface area (Å²) in [5, 5.41) is 37.4. The maximum atomic E-state index is 2.08. The van der Waals surface area contributed by atoms with Crippen LogP contribution in [0.2, 0.25) is 0 Å². The first-order valence-electron chi connectivity index (χ1n) is 7.24. The van der Waals surface area contributed by atoms with Gasteiger partial charge in [0, 0.05) is 0 Å². The molecular formula is C18H18S9. The molecule has 0 amide bonds. The van der Waals surface area contributed by atoms with Crippen molar-refractivity contribution in [3.8, 4) is 0 Å². The van der Waals surface area contributed by atoms with Crippen molar-refractivity contribution in [3.05, 3.63) is 97.3 Å². The minimum atomic E-state index is 1.67. The zero-order chi connectivity index (χ0) is 19.1. The molecule has 0 spiro atoms. The second-order valence-electron chi connectivity index (χ2n) is 3.67. The van der Waals surface area contributed by atoms with E-state index in [-0.39, 0.29) is 0 Å². The van der Waals surface area contributed by atoms with Crippen LogP contribution >= 0.6 is 106 Å². The molecule has 0 bridgehead atoms. The first-order chi connectivity index (χ1) is 13.5. The number of hydrogen-bond acceptors (Lipinski definition) is 9. The summed E-state index contributed by atoms with van der Waals surface area (Å²) in [5.74, 6) is 0. The summed E-state index contributed by atoms with van der Waals surface area (Å²) < 4.78 is 0. The molecule has 1 aliphatic heterocycles. The van der Waals surface area contributed by atoms with Crippen molar-refractivity contribution in [2.45, 2.75) is 0 Å². The first-order valence-corrected chi connectivity index (χ1v) is 15.7. The molecule has 0 saturated carbocycles. The smallest absolute Gasteiger partial charge is 0.0181 e. The summed E-state index contributed by atoms with van der Waals surface area (Å²) in [5.41, 5.74) is 0. The average molecular weight is 523 g/mol. The van der Waals surface area contributed by atoms with Crippen LogP contribution in [0.5, 0.6) is 0 Å². The Morgan fingerprint density at radius 2 is 0.222 bits per heavy atom. The average Bonchev–Trinajstić information content (AvgIpc) is 2.68. The summed E-state index contributed by atoms with van der Waals surface area (Å²) in [4.78, 5) is 0. The quantitative estimate of drug-likeness (QED) is 0.302. The van der Waals surface area contributed by atoms with Crippen molar-refractivity contribution < 1.29 is 0 Å². The van der Waals surface area contributed by atoms with Crippen molar-refractivity contribution >= 4 is 106 Å². The maximum Gasteiger partial charge on any atom is -0.0181 e. The van der Waals surface area contributed by atoms with E-state index in [9.17, 15) is 0 Å². The van der Waals surface area contributed by atoms with E-state index in [4.69, 9.17) is 0 Å². The fourth-order valence-corrected chi connectivity index (χ4v) is 6.42. The van der Waals surface area contributed by atoms with Crippen LogP contribution in [0.15, 0.2) is 97.3 Å². The SMILES string of the molecule is C1=C\S/C=C\S/C=C\S/C=C\S/C=C\S/C=C\S/C=C\S/C=C\S/C=C\S/1. The van der Waals surface area contributed by atoms with Crippen molar-refractivity contribution in [3.63, 3.8) is 0 Å². The van der Waals surface area contributed by atoms with Crippen molar-refractivity contribution in [2.75, 3.05) is 0 Å². The van der Waals surface area contributed by atoms with E-state index in [0.29, 0.717) is 0 Å². The third kappa shape index (κ3) is 21.3. The highest BCUT2D eigenvalue weighted by Crippen LogP contribution is 2.20. The monoisotopic (exact) mass is 522 g/mol. The Balaban J connectivity index is 2.40. The summed E-state index contributed by atoms with van der Waals surface area (Å²) >= 11 is 15.1. The molecule has 0 aromatic carbocycles. The molecule has 0 atom stereocenters. The lowest BCUT2D eigenvalue weighted by molar-refractivity contribution is 2.43. The van der Waals surface area contributed by atoms with Gasteiger partial charge in [-0.3, -0.25) is 0 Å². The Hall–Kier alpha value is 0.810. The van der Waals surface area contributed by atoms with Crippen LogP contribution in [0, 0.1) is 0 Å². The van der Waals surface area contributed by atoms with E-state index in [1.165, 1.54) is 0 Å². The summed E-state index contributed by atoms with van der Waals surface area (Å²) in [6.45, 7) is 0. The van der Waals surface area contributed by atoms with Crippen LogP contribution in [0.1, 0.15) is 0 Å². The number of rotatable bonds is 0. The second-order valence-corrected chi connectivity index (χ2v) is 11.0. The standard InChI is InChI=1S/C18H18S9/c1-2-20-5-6-22-9-10-24-13-14-26-17-18-27-16-15-25-12-11-23-8-7-21-4-3-19-1/h1-18H/b2-1-,4-3-,6-5-,8-7-,10-9-,12-11-,14-13-,16-15-,18-17-. The summed E-state index contributed by atoms with van der Waals surface area (Å²) in [6.07, 6.45) is 0. The van der Waals surface area contributed by atoms with E-state index in [1.54, 1.807) is 106 Å². The lowest BCUT2D eigenvalue weighted by Crippen LogP contribution is -1.48. The Morgan fingerprint density at radius 1 is 0.148 bits per heavy atom. The molecule has 27 heavy (non-hydrogen) atoms. The zero-order valence-electron chi connectivity index (χ0n) is 14.1. The normalized spacial score (nSPS) is 29.3. The molecule has 0 radical (unpaired) electrons. The summed E-state index contributed by atoms with van der Waals surface area (Å²) in [7, 11) is 0. The molecule has 0 aromatic heterocycles. The molecule has 144 valence electrons. The van der Waals surface area contributed by atoms with Crippen LogP contribution in [0.25, 0.3) is 0 Å². The lowest BCUT2D eigenvalue weighted by atomic mass is 11.2. The number of hydrogen-bond donors (Lipinski definition) is 0. The van der Waals surface area contributed by atoms with E-state index in [0.717, 1.165) is 0 Å². The van der Waals surface area contributed by atoms with Gasteiger partial charge in [-0.15, -0.1) is 106 Å². The van der Waals surface area contributed by atoms with Gasteiger partial charge < -0.3 is 0 Å². The van der Waals surface area contributed by atoms with Crippen LogP contribution in [0.3, 0.4) is 0 Å². The van der Waals surface area contributed by atoms with Crippen molar-refractivity contribution in [2.24, 2.45) is 0 Å². The van der Waals surface area contributed by atoms with E-state index in [1.807, 2.05) is 0 Å². The molecule has 0 aromatic rings. The van der Waals surface area contributed by atoms with Gasteiger partial charge in [-0.1, -0.05) is 0 Å². The third-order valence-corrected chi connectivity index (χ3v) is 8.74. The fourth-order valence-electron chi connectivity index (χ4n) is 0.986. The van der Waals surface area contributed by atoms with Crippen LogP contribution in [0.4, 0.5) is 0 Å². The minimum Gasteiger partial charge on any atom is -0.105 e.